The highest BCUT2D eigenvalue weighted by Gasteiger charge is 2.43. The van der Waals surface area contributed by atoms with Crippen LogP contribution in [0.2, 0.25) is 0 Å². The normalized spacial score (nSPS) is 18.5. The van der Waals surface area contributed by atoms with E-state index in [2.05, 4.69) is 0 Å². The summed E-state index contributed by atoms with van der Waals surface area (Å²) < 4.78 is 3.38. The first kappa shape index (κ1) is 11.5. The Kier molecular flexibility index (Phi) is 3.56. The molecule has 5 heteroatoms. The summed E-state index contributed by atoms with van der Waals surface area (Å²) in [5.41, 5.74) is 0.693. The lowest BCUT2D eigenvalue weighted by Crippen LogP contribution is -2.36. The minimum absolute atomic E-state index is 0.275. The van der Waals surface area contributed by atoms with Crippen molar-refractivity contribution in [2.24, 2.45) is 0 Å². The van der Waals surface area contributed by atoms with Crippen molar-refractivity contribution in [1.82, 2.24) is 0 Å². The van der Waals surface area contributed by atoms with E-state index in [1.165, 1.54) is 13.0 Å². The molecule has 0 bridgehead atoms. The van der Waals surface area contributed by atoms with Crippen molar-refractivity contribution < 1.29 is 14.3 Å². The van der Waals surface area contributed by atoms with Crippen LogP contribution in [0.15, 0.2) is 11.6 Å². The fourth-order valence-electron chi connectivity index (χ4n) is 1.13. The molecule has 0 aromatic rings. The number of carbonyl (C=O) groups is 2. The summed E-state index contributed by atoms with van der Waals surface area (Å²) in [6.45, 7) is 1.67. The van der Waals surface area contributed by atoms with Gasteiger partial charge in [0.15, 0.2) is 5.78 Å². The molecule has 0 atom stereocenters. The third kappa shape index (κ3) is 2.49. The summed E-state index contributed by atoms with van der Waals surface area (Å²) in [5.74, 6) is -0.588. The number of esters is 1. The van der Waals surface area contributed by atoms with Crippen LogP contribution in [-0.4, -0.2) is 22.7 Å². The first-order chi connectivity index (χ1) is 6.44. The molecule has 0 spiro atoms. The van der Waals surface area contributed by atoms with Crippen molar-refractivity contribution in [2.75, 3.05) is 6.61 Å². The molecule has 1 aliphatic carbocycles. The van der Waals surface area contributed by atoms with E-state index in [0.29, 0.717) is 25.0 Å². The number of ether oxygens (including phenoxy) is 1. The third-order valence-electron chi connectivity index (χ3n) is 1.91. The largest absolute Gasteiger partial charge is 0.466 e. The zero-order chi connectivity index (χ0) is 10.8. The molecule has 3 nitrogen and oxygen atoms in total. The van der Waals surface area contributed by atoms with Gasteiger partial charge in [0.25, 0.3) is 0 Å². The van der Waals surface area contributed by atoms with Crippen molar-refractivity contribution in [1.29, 1.82) is 0 Å². The van der Waals surface area contributed by atoms with E-state index < -0.39 is 4.33 Å². The average molecular weight is 237 g/mol. The van der Waals surface area contributed by atoms with Crippen LogP contribution in [0.25, 0.3) is 0 Å². The molecule has 0 amide bonds. The molecule has 1 aliphatic rings. The molecule has 14 heavy (non-hydrogen) atoms. The Balaban J connectivity index is 2.25. The van der Waals surface area contributed by atoms with E-state index >= 15 is 0 Å². The molecule has 0 N–H and O–H groups in total. The molecule has 0 aromatic heterocycles. The molecule has 0 saturated carbocycles. The van der Waals surface area contributed by atoms with Gasteiger partial charge in [-0.25, -0.2) is 0 Å². The number of allylic oxidation sites excluding steroid dienone is 2. The maximum atomic E-state index is 10.9. The van der Waals surface area contributed by atoms with E-state index in [1.807, 2.05) is 0 Å². The van der Waals surface area contributed by atoms with Gasteiger partial charge in [-0.3, -0.25) is 9.59 Å². The number of ketones is 1. The van der Waals surface area contributed by atoms with Gasteiger partial charge < -0.3 is 4.74 Å². The minimum atomic E-state index is -1.34. The van der Waals surface area contributed by atoms with E-state index in [4.69, 9.17) is 27.9 Å². The lowest BCUT2D eigenvalue weighted by Gasteiger charge is -2.28. The molecule has 0 unspecified atom stereocenters. The summed E-state index contributed by atoms with van der Waals surface area (Å²) in [6.07, 6.45) is 2.62. The summed E-state index contributed by atoms with van der Waals surface area (Å²) in [5, 5.41) is 0. The van der Waals surface area contributed by atoms with Gasteiger partial charge in [0.1, 0.15) is 0 Å². The molecule has 0 fully saturated rings. The Morgan fingerprint density at radius 1 is 1.57 bits per heavy atom. The van der Waals surface area contributed by atoms with Gasteiger partial charge in [0.2, 0.25) is 4.33 Å². The Morgan fingerprint density at radius 3 is 2.64 bits per heavy atom. The average Bonchev–Trinajstić information content (AvgIpc) is 2.10. The van der Waals surface area contributed by atoms with Gasteiger partial charge in [0, 0.05) is 6.92 Å². The highest BCUT2D eigenvalue weighted by Crippen LogP contribution is 2.41. The summed E-state index contributed by atoms with van der Waals surface area (Å²) in [7, 11) is 0. The lowest BCUT2D eigenvalue weighted by atomic mass is 9.92. The van der Waals surface area contributed by atoms with Crippen molar-refractivity contribution in [2.45, 2.75) is 24.1 Å². The molecular weight excluding hydrogens is 227 g/mol. The van der Waals surface area contributed by atoms with Gasteiger partial charge in [0.05, 0.1) is 6.61 Å². The van der Waals surface area contributed by atoms with Crippen LogP contribution >= 0.6 is 23.2 Å². The Bertz CT molecular complexity index is 294. The van der Waals surface area contributed by atoms with Crippen LogP contribution < -0.4 is 0 Å². The lowest BCUT2D eigenvalue weighted by molar-refractivity contribution is -0.141. The van der Waals surface area contributed by atoms with E-state index in [1.54, 1.807) is 0 Å². The van der Waals surface area contributed by atoms with Crippen LogP contribution in [0.5, 0.6) is 0 Å². The smallest absolute Gasteiger partial charge is 0.302 e. The Hall–Kier alpha value is -0.540. The van der Waals surface area contributed by atoms with Crippen molar-refractivity contribution in [3.8, 4) is 0 Å². The highest BCUT2D eigenvalue weighted by atomic mass is 35.5. The second-order valence-corrected chi connectivity index (χ2v) is 4.38. The summed E-state index contributed by atoms with van der Waals surface area (Å²) >= 11 is 11.4. The SMILES string of the molecule is CC(=O)OCCCC1=CC(=O)C1(Cl)Cl. The minimum Gasteiger partial charge on any atom is -0.466 e. The van der Waals surface area contributed by atoms with Crippen molar-refractivity contribution >= 4 is 35.0 Å². The quantitative estimate of drug-likeness (QED) is 0.426. The van der Waals surface area contributed by atoms with Crippen LogP contribution in [0.4, 0.5) is 0 Å². The molecule has 1 rings (SSSR count). The Morgan fingerprint density at radius 2 is 2.21 bits per heavy atom. The standard InChI is InChI=1S/C9H10Cl2O3/c1-6(12)14-4-2-3-7-5-8(13)9(7,10)11/h5H,2-4H2,1H3. The molecule has 78 valence electrons. The fourth-order valence-corrected chi connectivity index (χ4v) is 1.53. The molecule has 0 aromatic carbocycles. The predicted octanol–water partition coefficient (Wildman–Crippen LogP) is 2.01. The predicted molar refractivity (Wildman–Crippen MR) is 53.4 cm³/mol. The van der Waals surface area contributed by atoms with E-state index in [9.17, 15) is 9.59 Å². The molecule has 0 heterocycles. The number of rotatable bonds is 4. The molecule has 0 saturated heterocycles. The number of hydrogen-bond acceptors (Lipinski definition) is 3. The molecule has 0 aliphatic heterocycles. The molecule has 0 radical (unpaired) electrons. The van der Waals surface area contributed by atoms with Crippen molar-refractivity contribution in [3.05, 3.63) is 11.6 Å². The number of hydrogen-bond donors (Lipinski definition) is 0. The van der Waals surface area contributed by atoms with Gasteiger partial charge in [-0.2, -0.15) is 0 Å². The first-order valence-corrected chi connectivity index (χ1v) is 4.97. The van der Waals surface area contributed by atoms with Crippen LogP contribution in [0.1, 0.15) is 19.8 Å². The van der Waals surface area contributed by atoms with Crippen LogP contribution in [0, 0.1) is 0 Å². The summed E-state index contributed by atoms with van der Waals surface area (Å²) in [4.78, 5) is 21.3. The van der Waals surface area contributed by atoms with E-state index in [-0.39, 0.29) is 11.8 Å². The number of alkyl halides is 2. The van der Waals surface area contributed by atoms with Crippen LogP contribution in [-0.2, 0) is 14.3 Å². The third-order valence-corrected chi connectivity index (χ3v) is 2.77. The van der Waals surface area contributed by atoms with E-state index in [0.717, 1.165) is 0 Å². The number of halogens is 2. The second-order valence-electron chi connectivity index (χ2n) is 3.05. The topological polar surface area (TPSA) is 43.4 Å². The highest BCUT2D eigenvalue weighted by molar-refractivity contribution is 6.64. The number of carbonyl (C=O) groups excluding carboxylic acids is 2. The van der Waals surface area contributed by atoms with Gasteiger partial charge in [-0.05, 0) is 24.5 Å². The zero-order valence-electron chi connectivity index (χ0n) is 7.68. The van der Waals surface area contributed by atoms with Crippen LogP contribution in [0.3, 0.4) is 0 Å². The maximum absolute atomic E-state index is 10.9. The van der Waals surface area contributed by atoms with Gasteiger partial charge in [-0.1, -0.05) is 23.2 Å². The van der Waals surface area contributed by atoms with Gasteiger partial charge >= 0.3 is 5.97 Å². The first-order valence-electron chi connectivity index (χ1n) is 4.21. The monoisotopic (exact) mass is 236 g/mol. The zero-order valence-corrected chi connectivity index (χ0v) is 9.19. The fraction of sp³-hybridized carbons (Fsp3) is 0.556. The summed E-state index contributed by atoms with van der Waals surface area (Å²) in [6, 6.07) is 0. The van der Waals surface area contributed by atoms with Crippen molar-refractivity contribution in [3.63, 3.8) is 0 Å². The Labute approximate surface area is 92.0 Å². The van der Waals surface area contributed by atoms with Gasteiger partial charge in [-0.15, -0.1) is 0 Å². The maximum Gasteiger partial charge on any atom is 0.302 e. The molecular formula is C9H10Cl2O3. The second kappa shape index (κ2) is 4.32.